The minimum absolute atomic E-state index is 0.185. The van der Waals surface area contributed by atoms with Gasteiger partial charge in [-0.1, -0.05) is 23.7 Å². The zero-order valence-corrected chi connectivity index (χ0v) is 15.0. The highest BCUT2D eigenvalue weighted by Gasteiger charge is 2.19. The van der Waals surface area contributed by atoms with E-state index in [4.69, 9.17) is 11.6 Å². The van der Waals surface area contributed by atoms with Crippen LogP contribution in [0.5, 0.6) is 0 Å². The lowest BCUT2D eigenvalue weighted by Gasteiger charge is -2.36. The first-order chi connectivity index (χ1) is 12.5. The number of nitrogens with one attached hydrogen (secondary N) is 1. The van der Waals surface area contributed by atoms with Gasteiger partial charge in [-0.2, -0.15) is 0 Å². The van der Waals surface area contributed by atoms with Crippen LogP contribution in [0, 0.1) is 11.6 Å². The zero-order chi connectivity index (χ0) is 18.5. The smallest absolute Gasteiger partial charge is 0.225 e. The standard InChI is InChI=1S/C19H20ClF2N3O/c20-14-3-1-4-15(13-14)25-11-9-24(10-12-25)8-7-18(26)23-19-16(21)5-2-6-17(19)22/h1-6,13H,7-12H2,(H,23,26). The Morgan fingerprint density at radius 3 is 2.35 bits per heavy atom. The third-order valence-electron chi connectivity index (χ3n) is 4.43. The lowest BCUT2D eigenvalue weighted by Crippen LogP contribution is -2.47. The Balaban J connectivity index is 1.46. The number of hydrogen-bond donors (Lipinski definition) is 1. The number of anilines is 2. The Morgan fingerprint density at radius 2 is 1.69 bits per heavy atom. The minimum Gasteiger partial charge on any atom is -0.369 e. The van der Waals surface area contributed by atoms with Crippen LogP contribution in [0.2, 0.25) is 5.02 Å². The van der Waals surface area contributed by atoms with Crippen molar-refractivity contribution in [2.75, 3.05) is 42.9 Å². The number of rotatable bonds is 5. The SMILES string of the molecule is O=C(CCN1CCN(c2cccc(Cl)c2)CC1)Nc1c(F)cccc1F. The van der Waals surface area contributed by atoms with E-state index >= 15 is 0 Å². The maximum Gasteiger partial charge on any atom is 0.225 e. The summed E-state index contributed by atoms with van der Waals surface area (Å²) in [6.07, 6.45) is 0.185. The molecule has 0 spiro atoms. The molecular formula is C19H20ClF2N3O. The molecule has 0 atom stereocenters. The van der Waals surface area contributed by atoms with E-state index in [-0.39, 0.29) is 12.1 Å². The molecule has 1 fully saturated rings. The molecule has 2 aromatic carbocycles. The van der Waals surface area contributed by atoms with Crippen LogP contribution in [0.15, 0.2) is 42.5 Å². The van der Waals surface area contributed by atoms with Gasteiger partial charge in [0.25, 0.3) is 0 Å². The van der Waals surface area contributed by atoms with Crippen molar-refractivity contribution in [1.82, 2.24) is 4.90 Å². The van der Waals surface area contributed by atoms with Crippen LogP contribution in [-0.2, 0) is 4.79 Å². The number of nitrogens with zero attached hydrogens (tertiary/aromatic N) is 2. The van der Waals surface area contributed by atoms with Gasteiger partial charge in [-0.3, -0.25) is 9.69 Å². The third kappa shape index (κ3) is 4.71. The van der Waals surface area contributed by atoms with Crippen molar-refractivity contribution in [1.29, 1.82) is 0 Å². The molecule has 1 aliphatic heterocycles. The molecule has 1 amide bonds. The molecule has 1 heterocycles. The largest absolute Gasteiger partial charge is 0.369 e. The van der Waals surface area contributed by atoms with Crippen molar-refractivity contribution in [3.8, 4) is 0 Å². The molecule has 0 aliphatic carbocycles. The van der Waals surface area contributed by atoms with Crippen molar-refractivity contribution in [3.63, 3.8) is 0 Å². The molecule has 138 valence electrons. The summed E-state index contributed by atoms with van der Waals surface area (Å²) in [5.41, 5.74) is 0.702. The second-order valence-corrected chi connectivity index (χ2v) is 6.64. The van der Waals surface area contributed by atoms with Gasteiger partial charge >= 0.3 is 0 Å². The Kier molecular flexibility index (Phi) is 6.06. The summed E-state index contributed by atoms with van der Waals surface area (Å²) >= 11 is 6.03. The molecule has 0 radical (unpaired) electrons. The summed E-state index contributed by atoms with van der Waals surface area (Å²) in [7, 11) is 0. The van der Waals surface area contributed by atoms with Gasteiger partial charge < -0.3 is 10.2 Å². The monoisotopic (exact) mass is 379 g/mol. The van der Waals surface area contributed by atoms with E-state index in [1.54, 1.807) is 0 Å². The molecule has 0 unspecified atom stereocenters. The summed E-state index contributed by atoms with van der Waals surface area (Å²) in [4.78, 5) is 16.4. The Bertz CT molecular complexity index is 759. The van der Waals surface area contributed by atoms with Crippen LogP contribution < -0.4 is 10.2 Å². The molecule has 7 heteroatoms. The topological polar surface area (TPSA) is 35.6 Å². The number of carbonyl (C=O) groups is 1. The second kappa shape index (κ2) is 8.47. The van der Waals surface area contributed by atoms with Crippen molar-refractivity contribution in [2.45, 2.75) is 6.42 Å². The molecule has 1 aliphatic rings. The number of para-hydroxylation sites is 1. The molecule has 3 rings (SSSR count). The first-order valence-corrected chi connectivity index (χ1v) is 8.87. The fourth-order valence-corrected chi connectivity index (χ4v) is 3.17. The highest BCUT2D eigenvalue weighted by molar-refractivity contribution is 6.30. The van der Waals surface area contributed by atoms with Crippen LogP contribution in [0.25, 0.3) is 0 Å². The van der Waals surface area contributed by atoms with E-state index in [0.717, 1.165) is 44.0 Å². The number of piperazine rings is 1. The van der Waals surface area contributed by atoms with Gasteiger partial charge in [-0.25, -0.2) is 8.78 Å². The van der Waals surface area contributed by atoms with Crippen LogP contribution in [0.1, 0.15) is 6.42 Å². The van der Waals surface area contributed by atoms with Gasteiger partial charge in [-0.05, 0) is 30.3 Å². The molecule has 0 aromatic heterocycles. The van der Waals surface area contributed by atoms with Crippen molar-refractivity contribution < 1.29 is 13.6 Å². The molecule has 1 N–H and O–H groups in total. The first kappa shape index (κ1) is 18.6. The molecule has 1 saturated heterocycles. The Labute approximate surface area is 156 Å². The lowest BCUT2D eigenvalue weighted by atomic mass is 10.2. The molecule has 0 saturated carbocycles. The van der Waals surface area contributed by atoms with Crippen LogP contribution in [0.4, 0.5) is 20.2 Å². The predicted molar refractivity (Wildman–Crippen MR) is 99.7 cm³/mol. The van der Waals surface area contributed by atoms with Gasteiger partial charge in [-0.15, -0.1) is 0 Å². The average Bonchev–Trinajstić information content (AvgIpc) is 2.64. The summed E-state index contributed by atoms with van der Waals surface area (Å²) < 4.78 is 27.1. The van der Waals surface area contributed by atoms with Crippen molar-refractivity contribution in [3.05, 3.63) is 59.1 Å². The molecule has 2 aromatic rings. The van der Waals surface area contributed by atoms with E-state index in [1.807, 2.05) is 24.3 Å². The van der Waals surface area contributed by atoms with Crippen LogP contribution >= 0.6 is 11.6 Å². The fraction of sp³-hybridized carbons (Fsp3) is 0.316. The molecule has 26 heavy (non-hydrogen) atoms. The van der Waals surface area contributed by atoms with Crippen LogP contribution in [0.3, 0.4) is 0 Å². The second-order valence-electron chi connectivity index (χ2n) is 6.20. The van der Waals surface area contributed by atoms with E-state index in [2.05, 4.69) is 15.1 Å². The number of benzene rings is 2. The van der Waals surface area contributed by atoms with E-state index in [0.29, 0.717) is 11.6 Å². The van der Waals surface area contributed by atoms with Gasteiger partial charge in [0.2, 0.25) is 5.91 Å². The number of halogens is 3. The zero-order valence-electron chi connectivity index (χ0n) is 14.2. The van der Waals surface area contributed by atoms with Crippen molar-refractivity contribution in [2.24, 2.45) is 0 Å². The molecular weight excluding hydrogens is 360 g/mol. The fourth-order valence-electron chi connectivity index (χ4n) is 2.98. The van der Waals surface area contributed by atoms with Gasteiger partial charge in [0.05, 0.1) is 0 Å². The quantitative estimate of drug-likeness (QED) is 0.859. The van der Waals surface area contributed by atoms with Crippen LogP contribution in [-0.4, -0.2) is 43.5 Å². The summed E-state index contributed by atoms with van der Waals surface area (Å²) in [5, 5.41) is 3.03. The predicted octanol–water partition coefficient (Wildman–Crippen LogP) is 3.77. The van der Waals surface area contributed by atoms with Crippen molar-refractivity contribution >= 4 is 28.9 Å². The highest BCUT2D eigenvalue weighted by Crippen LogP contribution is 2.21. The number of hydrogen-bond acceptors (Lipinski definition) is 3. The minimum atomic E-state index is -0.770. The normalized spacial score (nSPS) is 15.1. The number of carbonyl (C=O) groups excluding carboxylic acids is 1. The summed E-state index contributed by atoms with van der Waals surface area (Å²) in [6.45, 7) is 3.85. The third-order valence-corrected chi connectivity index (χ3v) is 4.66. The lowest BCUT2D eigenvalue weighted by molar-refractivity contribution is -0.116. The van der Waals surface area contributed by atoms with E-state index in [9.17, 15) is 13.6 Å². The van der Waals surface area contributed by atoms with E-state index < -0.39 is 17.5 Å². The number of amides is 1. The maximum absolute atomic E-state index is 13.6. The Morgan fingerprint density at radius 1 is 1.04 bits per heavy atom. The first-order valence-electron chi connectivity index (χ1n) is 8.49. The van der Waals surface area contributed by atoms with Gasteiger partial charge in [0.1, 0.15) is 17.3 Å². The molecule has 0 bridgehead atoms. The Hall–Kier alpha value is -2.18. The average molecular weight is 380 g/mol. The van der Waals surface area contributed by atoms with Gasteiger partial charge in [0, 0.05) is 49.9 Å². The van der Waals surface area contributed by atoms with E-state index in [1.165, 1.54) is 6.07 Å². The summed E-state index contributed by atoms with van der Waals surface area (Å²) in [5.74, 6) is -1.94. The highest BCUT2D eigenvalue weighted by atomic mass is 35.5. The summed E-state index contributed by atoms with van der Waals surface area (Å²) in [6, 6.07) is 11.2. The van der Waals surface area contributed by atoms with Gasteiger partial charge in [0.15, 0.2) is 0 Å². The molecule has 4 nitrogen and oxygen atoms in total. The maximum atomic E-state index is 13.6.